The summed E-state index contributed by atoms with van der Waals surface area (Å²) in [5.74, 6) is -0.215. The van der Waals surface area contributed by atoms with E-state index in [4.69, 9.17) is 0 Å². The van der Waals surface area contributed by atoms with Gasteiger partial charge in [-0.25, -0.2) is 4.98 Å². The largest absolute Gasteiger partial charge is 0.389 e. The second-order valence-corrected chi connectivity index (χ2v) is 5.38. The Balaban J connectivity index is 2.29. The van der Waals surface area contributed by atoms with Gasteiger partial charge in [0.05, 0.1) is 22.8 Å². The summed E-state index contributed by atoms with van der Waals surface area (Å²) in [6, 6.07) is 7.42. The van der Waals surface area contributed by atoms with Gasteiger partial charge in [-0.1, -0.05) is 12.1 Å². The molecular weight excluding hydrogens is 254 g/mol. The third kappa shape index (κ3) is 3.30. The maximum absolute atomic E-state index is 12.4. The van der Waals surface area contributed by atoms with Crippen LogP contribution in [0.5, 0.6) is 0 Å². The number of rotatable bonds is 4. The number of likely N-dealkylation sites (N-methyl/N-ethyl adjacent to an activating group) is 1. The number of nitrogens with zero attached hydrogens (tertiary/aromatic N) is 3. The topological polar surface area (TPSA) is 66.3 Å². The molecule has 20 heavy (non-hydrogen) atoms. The molecule has 0 atom stereocenters. The van der Waals surface area contributed by atoms with Crippen molar-refractivity contribution in [3.63, 3.8) is 0 Å². The first-order valence-electron chi connectivity index (χ1n) is 6.64. The molecule has 0 unspecified atom stereocenters. The van der Waals surface area contributed by atoms with E-state index in [2.05, 4.69) is 9.97 Å². The van der Waals surface area contributed by atoms with Gasteiger partial charge in [0.15, 0.2) is 0 Å². The molecular formula is C15H19N3O2. The molecule has 0 spiro atoms. The zero-order valence-electron chi connectivity index (χ0n) is 12.0. The number of hydrogen-bond donors (Lipinski definition) is 1. The molecule has 1 amide bonds. The van der Waals surface area contributed by atoms with Gasteiger partial charge in [-0.3, -0.25) is 9.78 Å². The van der Waals surface area contributed by atoms with Crippen molar-refractivity contribution < 1.29 is 9.90 Å². The summed E-state index contributed by atoms with van der Waals surface area (Å²) in [6.45, 7) is 6.00. The van der Waals surface area contributed by atoms with Gasteiger partial charge in [-0.15, -0.1) is 0 Å². The molecule has 0 saturated heterocycles. The molecule has 0 aliphatic carbocycles. The summed E-state index contributed by atoms with van der Waals surface area (Å²) in [5.41, 5.74) is 0.817. The number of carbonyl (C=O) groups is 1. The van der Waals surface area contributed by atoms with Crippen LogP contribution in [0.1, 0.15) is 31.3 Å². The first-order chi connectivity index (χ1) is 9.40. The van der Waals surface area contributed by atoms with E-state index in [1.807, 2.05) is 31.2 Å². The molecule has 5 heteroatoms. The van der Waals surface area contributed by atoms with Crippen molar-refractivity contribution in [3.05, 3.63) is 36.2 Å². The fourth-order valence-electron chi connectivity index (χ4n) is 2.02. The van der Waals surface area contributed by atoms with E-state index in [1.54, 1.807) is 18.7 Å². The number of hydrogen-bond acceptors (Lipinski definition) is 4. The molecule has 2 aromatic rings. The van der Waals surface area contributed by atoms with Crippen molar-refractivity contribution in [2.24, 2.45) is 0 Å². The molecule has 2 rings (SSSR count). The maximum atomic E-state index is 12.4. The standard InChI is InChI=1S/C15H19N3O2/c1-4-18(10-15(2,3)20)14(19)13-9-16-11-7-5-6-8-12(11)17-13/h5-9,20H,4,10H2,1-3H3. The highest BCUT2D eigenvalue weighted by atomic mass is 16.3. The Kier molecular flexibility index (Phi) is 3.99. The maximum Gasteiger partial charge on any atom is 0.274 e. The van der Waals surface area contributed by atoms with Crippen LogP contribution in [0.3, 0.4) is 0 Å². The van der Waals surface area contributed by atoms with Gasteiger partial charge in [0.2, 0.25) is 0 Å². The average Bonchev–Trinajstić information content (AvgIpc) is 2.42. The van der Waals surface area contributed by atoms with E-state index in [0.717, 1.165) is 5.52 Å². The molecule has 0 aliphatic heterocycles. The summed E-state index contributed by atoms with van der Waals surface area (Å²) in [6.07, 6.45) is 1.48. The van der Waals surface area contributed by atoms with Gasteiger partial charge in [-0.2, -0.15) is 0 Å². The summed E-state index contributed by atoms with van der Waals surface area (Å²) < 4.78 is 0. The summed E-state index contributed by atoms with van der Waals surface area (Å²) >= 11 is 0. The molecule has 0 bridgehead atoms. The Labute approximate surface area is 118 Å². The highest BCUT2D eigenvalue weighted by Crippen LogP contribution is 2.12. The number of aliphatic hydroxyl groups is 1. The Morgan fingerprint density at radius 2 is 1.95 bits per heavy atom. The lowest BCUT2D eigenvalue weighted by Gasteiger charge is -2.27. The fourth-order valence-corrected chi connectivity index (χ4v) is 2.02. The van der Waals surface area contributed by atoms with Gasteiger partial charge in [0, 0.05) is 13.1 Å². The minimum Gasteiger partial charge on any atom is -0.389 e. The van der Waals surface area contributed by atoms with Crippen LogP contribution in [0.15, 0.2) is 30.5 Å². The lowest BCUT2D eigenvalue weighted by atomic mass is 10.1. The quantitative estimate of drug-likeness (QED) is 0.923. The number of carbonyl (C=O) groups excluding carboxylic acids is 1. The van der Waals surface area contributed by atoms with Gasteiger partial charge >= 0.3 is 0 Å². The molecule has 0 fully saturated rings. The van der Waals surface area contributed by atoms with E-state index in [9.17, 15) is 9.90 Å². The van der Waals surface area contributed by atoms with Crippen LogP contribution in [0.2, 0.25) is 0 Å². The Hall–Kier alpha value is -2.01. The molecule has 1 N–H and O–H groups in total. The number of amides is 1. The monoisotopic (exact) mass is 273 g/mol. The molecule has 0 radical (unpaired) electrons. The fraction of sp³-hybridized carbons (Fsp3) is 0.400. The molecule has 0 aliphatic rings. The average molecular weight is 273 g/mol. The predicted octanol–water partition coefficient (Wildman–Crippen LogP) is 1.86. The van der Waals surface area contributed by atoms with E-state index < -0.39 is 5.60 Å². The van der Waals surface area contributed by atoms with E-state index in [0.29, 0.717) is 17.8 Å². The Morgan fingerprint density at radius 3 is 2.55 bits per heavy atom. The van der Waals surface area contributed by atoms with E-state index >= 15 is 0 Å². The molecule has 0 saturated carbocycles. The van der Waals surface area contributed by atoms with Gasteiger partial charge < -0.3 is 10.0 Å². The second kappa shape index (κ2) is 5.54. The summed E-state index contributed by atoms with van der Waals surface area (Å²) in [4.78, 5) is 22.6. The van der Waals surface area contributed by atoms with Gasteiger partial charge in [0.25, 0.3) is 5.91 Å². The lowest BCUT2D eigenvalue weighted by Crippen LogP contribution is -2.42. The van der Waals surface area contributed by atoms with Crippen molar-refractivity contribution in [3.8, 4) is 0 Å². The normalized spacial score (nSPS) is 11.6. The molecule has 1 heterocycles. The van der Waals surface area contributed by atoms with Crippen molar-refractivity contribution >= 4 is 16.9 Å². The second-order valence-electron chi connectivity index (χ2n) is 5.38. The molecule has 5 nitrogen and oxygen atoms in total. The zero-order chi connectivity index (χ0) is 14.8. The van der Waals surface area contributed by atoms with Gasteiger partial charge in [-0.05, 0) is 32.9 Å². The highest BCUT2D eigenvalue weighted by molar-refractivity contribution is 5.93. The highest BCUT2D eigenvalue weighted by Gasteiger charge is 2.23. The minimum atomic E-state index is -0.935. The van der Waals surface area contributed by atoms with Crippen LogP contribution in [0, 0.1) is 0 Å². The van der Waals surface area contributed by atoms with Crippen molar-refractivity contribution in [2.45, 2.75) is 26.4 Å². The van der Waals surface area contributed by atoms with Crippen LogP contribution < -0.4 is 0 Å². The van der Waals surface area contributed by atoms with Crippen LogP contribution in [0.4, 0.5) is 0 Å². The predicted molar refractivity (Wildman–Crippen MR) is 77.4 cm³/mol. The van der Waals surface area contributed by atoms with Crippen molar-refractivity contribution in [2.75, 3.05) is 13.1 Å². The van der Waals surface area contributed by atoms with Crippen molar-refractivity contribution in [1.82, 2.24) is 14.9 Å². The van der Waals surface area contributed by atoms with Crippen LogP contribution >= 0.6 is 0 Å². The molecule has 1 aromatic carbocycles. The van der Waals surface area contributed by atoms with Crippen LogP contribution in [-0.2, 0) is 0 Å². The number of aromatic nitrogens is 2. The number of para-hydroxylation sites is 2. The van der Waals surface area contributed by atoms with Crippen LogP contribution in [0.25, 0.3) is 11.0 Å². The first kappa shape index (κ1) is 14.4. The summed E-state index contributed by atoms with van der Waals surface area (Å²) in [7, 11) is 0. The molecule has 1 aromatic heterocycles. The van der Waals surface area contributed by atoms with E-state index in [1.165, 1.54) is 6.20 Å². The molecule has 106 valence electrons. The lowest BCUT2D eigenvalue weighted by molar-refractivity contribution is 0.0311. The minimum absolute atomic E-state index is 0.215. The van der Waals surface area contributed by atoms with Crippen molar-refractivity contribution in [1.29, 1.82) is 0 Å². The third-order valence-corrected chi connectivity index (χ3v) is 2.91. The SMILES string of the molecule is CCN(CC(C)(C)O)C(=O)c1cnc2ccccc2n1. The van der Waals surface area contributed by atoms with Crippen LogP contribution in [-0.4, -0.2) is 44.6 Å². The number of benzene rings is 1. The Morgan fingerprint density at radius 1 is 1.30 bits per heavy atom. The Bertz CT molecular complexity index is 620. The first-order valence-corrected chi connectivity index (χ1v) is 6.64. The zero-order valence-corrected chi connectivity index (χ0v) is 12.0. The van der Waals surface area contributed by atoms with E-state index in [-0.39, 0.29) is 12.5 Å². The summed E-state index contributed by atoms with van der Waals surface area (Å²) in [5, 5.41) is 9.86. The number of fused-ring (bicyclic) bond motifs is 1. The smallest absolute Gasteiger partial charge is 0.274 e. The third-order valence-electron chi connectivity index (χ3n) is 2.91. The van der Waals surface area contributed by atoms with Gasteiger partial charge in [0.1, 0.15) is 5.69 Å².